The molecule has 2 amide bonds. The zero-order chi connectivity index (χ0) is 21.0. The van der Waals surface area contributed by atoms with Crippen LogP contribution in [0.4, 0.5) is 10.5 Å². The Labute approximate surface area is 184 Å². The van der Waals surface area contributed by atoms with Gasteiger partial charge in [-0.25, -0.2) is 4.79 Å². The van der Waals surface area contributed by atoms with Crippen LogP contribution in [-0.2, 0) is 0 Å². The molecule has 2 aromatic carbocycles. The van der Waals surface area contributed by atoms with E-state index < -0.39 is 0 Å². The molecule has 1 N–H and O–H groups in total. The molecule has 0 radical (unpaired) electrons. The molecule has 31 heavy (non-hydrogen) atoms. The predicted octanol–water partition coefficient (Wildman–Crippen LogP) is 5.88. The van der Waals surface area contributed by atoms with Gasteiger partial charge in [0.05, 0.1) is 16.5 Å². The van der Waals surface area contributed by atoms with E-state index in [1.165, 1.54) is 0 Å². The van der Waals surface area contributed by atoms with Gasteiger partial charge in [-0.2, -0.15) is 4.98 Å². The van der Waals surface area contributed by atoms with Crippen LogP contribution in [0.3, 0.4) is 0 Å². The number of nitrogens with one attached hydrogen (secondary N) is 1. The second-order valence-corrected chi connectivity index (χ2v) is 8.51. The highest BCUT2D eigenvalue weighted by atomic mass is 32.1. The number of rotatable bonds is 4. The molecule has 1 atom stereocenters. The maximum Gasteiger partial charge on any atom is 0.321 e. The zero-order valence-electron chi connectivity index (χ0n) is 16.9. The van der Waals surface area contributed by atoms with E-state index in [0.717, 1.165) is 34.5 Å². The van der Waals surface area contributed by atoms with Crippen molar-refractivity contribution in [1.82, 2.24) is 15.0 Å². The second kappa shape index (κ2) is 8.73. The first-order valence-corrected chi connectivity index (χ1v) is 11.2. The zero-order valence-corrected chi connectivity index (χ0v) is 17.7. The van der Waals surface area contributed by atoms with Gasteiger partial charge < -0.3 is 14.7 Å². The van der Waals surface area contributed by atoms with Gasteiger partial charge in [-0.3, -0.25) is 0 Å². The fourth-order valence-electron chi connectivity index (χ4n) is 3.93. The minimum atomic E-state index is -0.105. The van der Waals surface area contributed by atoms with Crippen molar-refractivity contribution in [2.24, 2.45) is 0 Å². The molecule has 6 nitrogen and oxygen atoms in total. The van der Waals surface area contributed by atoms with Gasteiger partial charge in [0.1, 0.15) is 0 Å². The van der Waals surface area contributed by atoms with Crippen LogP contribution >= 0.6 is 11.3 Å². The fourth-order valence-corrected chi connectivity index (χ4v) is 4.58. The number of anilines is 1. The lowest BCUT2D eigenvalue weighted by Gasteiger charge is -2.31. The minimum Gasteiger partial charge on any atom is -0.339 e. The normalized spacial score (nSPS) is 16.3. The Morgan fingerprint density at radius 1 is 1.06 bits per heavy atom. The summed E-state index contributed by atoms with van der Waals surface area (Å²) >= 11 is 1.58. The van der Waals surface area contributed by atoms with E-state index in [-0.39, 0.29) is 11.9 Å². The number of carbonyl (C=O) groups is 1. The van der Waals surface area contributed by atoms with E-state index in [9.17, 15) is 4.79 Å². The second-order valence-electron chi connectivity index (χ2n) is 7.56. The van der Waals surface area contributed by atoms with Crippen molar-refractivity contribution in [3.63, 3.8) is 0 Å². The van der Waals surface area contributed by atoms with Crippen LogP contribution in [-0.4, -0.2) is 34.2 Å². The summed E-state index contributed by atoms with van der Waals surface area (Å²) in [4.78, 5) is 20.5. The number of hydrogen-bond acceptors (Lipinski definition) is 5. The van der Waals surface area contributed by atoms with E-state index in [1.807, 2.05) is 77.0 Å². The van der Waals surface area contributed by atoms with Crippen LogP contribution in [0.2, 0.25) is 0 Å². The molecule has 7 heteroatoms. The molecule has 1 fully saturated rings. The Kier molecular flexibility index (Phi) is 5.50. The first kappa shape index (κ1) is 19.5. The van der Waals surface area contributed by atoms with E-state index >= 15 is 0 Å². The number of aromatic nitrogens is 2. The van der Waals surface area contributed by atoms with Crippen LogP contribution in [0.1, 0.15) is 24.7 Å². The first-order chi connectivity index (χ1) is 15.3. The van der Waals surface area contributed by atoms with Crippen molar-refractivity contribution in [2.45, 2.75) is 18.8 Å². The van der Waals surface area contributed by atoms with Gasteiger partial charge in [0, 0.05) is 18.7 Å². The molecule has 1 saturated heterocycles. The molecule has 2 aromatic heterocycles. The van der Waals surface area contributed by atoms with Crippen molar-refractivity contribution in [3.05, 3.63) is 78.0 Å². The number of carbonyl (C=O) groups excluding carboxylic acids is 1. The highest BCUT2D eigenvalue weighted by molar-refractivity contribution is 7.13. The molecular weight excluding hydrogens is 408 g/mol. The van der Waals surface area contributed by atoms with E-state index in [1.54, 1.807) is 11.3 Å². The van der Waals surface area contributed by atoms with Crippen LogP contribution in [0.5, 0.6) is 0 Å². The van der Waals surface area contributed by atoms with Crippen LogP contribution in [0.25, 0.3) is 21.8 Å². The average Bonchev–Trinajstić information content (AvgIpc) is 3.52. The summed E-state index contributed by atoms with van der Waals surface area (Å²) in [5.74, 6) is 1.26. The number of hydrogen-bond donors (Lipinski definition) is 1. The average molecular weight is 431 g/mol. The molecule has 0 unspecified atom stereocenters. The number of benzene rings is 2. The van der Waals surface area contributed by atoms with Crippen molar-refractivity contribution in [3.8, 4) is 21.8 Å². The van der Waals surface area contributed by atoms with E-state index in [0.29, 0.717) is 24.8 Å². The summed E-state index contributed by atoms with van der Waals surface area (Å²) in [6.07, 6.45) is 1.82. The number of para-hydroxylation sites is 1. The highest BCUT2D eigenvalue weighted by Gasteiger charge is 2.29. The number of urea groups is 1. The van der Waals surface area contributed by atoms with Gasteiger partial charge in [0.15, 0.2) is 0 Å². The number of amides is 2. The molecule has 3 heterocycles. The molecule has 5 rings (SSSR count). The SMILES string of the molecule is O=C(Nc1ccccc1-c1ccccc1)N1CCC[C@H](c2nc(-c3cccs3)no2)C1. The van der Waals surface area contributed by atoms with Crippen molar-refractivity contribution in [2.75, 3.05) is 18.4 Å². The van der Waals surface area contributed by atoms with Crippen LogP contribution in [0, 0.1) is 0 Å². The smallest absolute Gasteiger partial charge is 0.321 e. The molecule has 0 aliphatic carbocycles. The topological polar surface area (TPSA) is 71.3 Å². The first-order valence-electron chi connectivity index (χ1n) is 10.4. The molecule has 0 saturated carbocycles. The number of piperidine rings is 1. The third kappa shape index (κ3) is 4.22. The maximum absolute atomic E-state index is 13.1. The van der Waals surface area contributed by atoms with Gasteiger partial charge in [-0.1, -0.05) is 59.8 Å². The Morgan fingerprint density at radius 2 is 1.90 bits per heavy atom. The predicted molar refractivity (Wildman–Crippen MR) is 122 cm³/mol. The maximum atomic E-state index is 13.1. The van der Waals surface area contributed by atoms with Gasteiger partial charge in [0.2, 0.25) is 11.7 Å². The summed E-state index contributed by atoms with van der Waals surface area (Å²) in [7, 11) is 0. The molecule has 0 spiro atoms. The molecule has 4 aromatic rings. The molecule has 156 valence electrons. The van der Waals surface area contributed by atoms with Crippen molar-refractivity contribution < 1.29 is 9.32 Å². The van der Waals surface area contributed by atoms with Crippen LogP contribution in [0.15, 0.2) is 76.6 Å². The fraction of sp³-hybridized carbons (Fsp3) is 0.208. The van der Waals surface area contributed by atoms with E-state index in [2.05, 4.69) is 15.5 Å². The monoisotopic (exact) mass is 430 g/mol. The Bertz CT molecular complexity index is 1160. The molecule has 1 aliphatic heterocycles. The lowest BCUT2D eigenvalue weighted by atomic mass is 9.98. The Balaban J connectivity index is 1.30. The summed E-state index contributed by atoms with van der Waals surface area (Å²) in [6, 6.07) is 21.8. The van der Waals surface area contributed by atoms with Crippen molar-refractivity contribution in [1.29, 1.82) is 0 Å². The van der Waals surface area contributed by atoms with Gasteiger partial charge in [0.25, 0.3) is 0 Å². The summed E-state index contributed by atoms with van der Waals surface area (Å²) in [5.41, 5.74) is 2.88. The summed E-state index contributed by atoms with van der Waals surface area (Å²) < 4.78 is 5.54. The largest absolute Gasteiger partial charge is 0.339 e. The minimum absolute atomic E-state index is 0.0464. The van der Waals surface area contributed by atoms with Crippen LogP contribution < -0.4 is 5.32 Å². The molecular formula is C24H22N4O2S. The highest BCUT2D eigenvalue weighted by Crippen LogP contribution is 2.31. The quantitative estimate of drug-likeness (QED) is 0.439. The van der Waals surface area contributed by atoms with Gasteiger partial charge >= 0.3 is 6.03 Å². The lowest BCUT2D eigenvalue weighted by molar-refractivity contribution is 0.184. The number of nitrogens with zero attached hydrogens (tertiary/aromatic N) is 3. The van der Waals surface area contributed by atoms with E-state index in [4.69, 9.17) is 4.52 Å². The van der Waals surface area contributed by atoms with Crippen molar-refractivity contribution >= 4 is 23.1 Å². The summed E-state index contributed by atoms with van der Waals surface area (Å²) in [5, 5.41) is 9.21. The third-order valence-corrected chi connectivity index (χ3v) is 6.36. The Hall–Kier alpha value is -3.45. The van der Waals surface area contributed by atoms with Gasteiger partial charge in [-0.05, 0) is 35.9 Å². The number of likely N-dealkylation sites (tertiary alicyclic amines) is 1. The van der Waals surface area contributed by atoms with Gasteiger partial charge in [-0.15, -0.1) is 11.3 Å². The Morgan fingerprint density at radius 3 is 2.74 bits per heavy atom. The standard InChI is InChI=1S/C24H22N4O2S/c29-24(25-20-12-5-4-11-19(20)17-8-2-1-3-9-17)28-14-6-10-18(16-28)23-26-22(27-30-23)21-13-7-15-31-21/h1-5,7-9,11-13,15,18H,6,10,14,16H2,(H,25,29)/t18-/m0/s1. The lowest BCUT2D eigenvalue weighted by Crippen LogP contribution is -2.41. The third-order valence-electron chi connectivity index (χ3n) is 5.49. The summed E-state index contributed by atoms with van der Waals surface area (Å²) in [6.45, 7) is 1.27. The molecule has 0 bridgehead atoms. The molecule has 1 aliphatic rings. The number of thiophene rings is 1.